The molecule has 4 aromatic rings. The molecule has 130 valence electrons. The van der Waals surface area contributed by atoms with Gasteiger partial charge in [0.25, 0.3) is 0 Å². The van der Waals surface area contributed by atoms with Crippen molar-refractivity contribution in [3.63, 3.8) is 0 Å². The van der Waals surface area contributed by atoms with Crippen molar-refractivity contribution in [3.05, 3.63) is 71.8 Å². The Labute approximate surface area is 157 Å². The molecule has 0 spiro atoms. The Bertz CT molecular complexity index is 1090. The average Bonchev–Trinajstić information content (AvgIpc) is 3.29. The summed E-state index contributed by atoms with van der Waals surface area (Å²) in [7, 11) is 0. The van der Waals surface area contributed by atoms with E-state index in [4.69, 9.17) is 11.6 Å². The van der Waals surface area contributed by atoms with Gasteiger partial charge in [0.05, 0.1) is 5.39 Å². The molecule has 1 aliphatic rings. The molecule has 2 aromatic carbocycles. The number of rotatable bonds is 3. The number of halogens is 1. The van der Waals surface area contributed by atoms with Crippen molar-refractivity contribution in [2.75, 3.05) is 0 Å². The van der Waals surface area contributed by atoms with E-state index in [0.29, 0.717) is 11.2 Å². The molecular weight excluding hydrogens is 342 g/mol. The summed E-state index contributed by atoms with van der Waals surface area (Å²) in [5.41, 5.74) is 2.40. The maximum absolute atomic E-state index is 6.20. The van der Waals surface area contributed by atoms with Gasteiger partial charge in [0.1, 0.15) is 17.1 Å². The molecule has 0 N–H and O–H groups in total. The van der Waals surface area contributed by atoms with Crippen molar-refractivity contribution < 1.29 is 0 Å². The third-order valence-corrected chi connectivity index (χ3v) is 6.01. The summed E-state index contributed by atoms with van der Waals surface area (Å²) in [6.45, 7) is 0. The molecule has 0 radical (unpaired) electrons. The lowest BCUT2D eigenvalue weighted by molar-refractivity contribution is 0.483. The zero-order chi connectivity index (χ0) is 17.5. The minimum atomic E-state index is 0.504. The first-order valence-electron chi connectivity index (χ1n) is 9.22. The minimum Gasteiger partial charge on any atom is -0.329 e. The Balaban J connectivity index is 1.35. The number of hydrogen-bond donors (Lipinski definition) is 0. The fourth-order valence-corrected chi connectivity index (χ4v) is 4.61. The second-order valence-electron chi connectivity index (χ2n) is 7.34. The number of hydrogen-bond acceptors (Lipinski definition) is 2. The van der Waals surface area contributed by atoms with Crippen LogP contribution < -0.4 is 0 Å². The van der Waals surface area contributed by atoms with Crippen LogP contribution in [-0.2, 0) is 6.42 Å². The highest BCUT2D eigenvalue weighted by Gasteiger charge is 2.27. The van der Waals surface area contributed by atoms with Gasteiger partial charge < -0.3 is 4.57 Å². The maximum Gasteiger partial charge on any atom is 0.145 e. The van der Waals surface area contributed by atoms with Crippen molar-refractivity contribution in [3.8, 4) is 0 Å². The maximum atomic E-state index is 6.20. The fraction of sp³-hybridized carbons (Fsp3) is 0.273. The molecule has 1 saturated carbocycles. The standard InChI is InChI=1S/C22H20ClN3/c23-21-20-9-10-26(22(20)25-14-24-21)19-8-6-16(13-19)11-15-5-7-17-3-1-2-4-18(17)12-15/h1-5,7,9-10,12,14,16,19H,6,8,11,13H2. The quantitative estimate of drug-likeness (QED) is 0.430. The summed E-state index contributed by atoms with van der Waals surface area (Å²) >= 11 is 6.20. The number of nitrogens with zero attached hydrogens (tertiary/aromatic N) is 3. The van der Waals surface area contributed by atoms with Crippen molar-refractivity contribution in [1.82, 2.24) is 14.5 Å². The topological polar surface area (TPSA) is 30.7 Å². The summed E-state index contributed by atoms with van der Waals surface area (Å²) in [6.07, 6.45) is 8.48. The second kappa shape index (κ2) is 6.40. The molecule has 0 amide bonds. The molecule has 2 unspecified atom stereocenters. The van der Waals surface area contributed by atoms with Crippen LogP contribution in [0.2, 0.25) is 5.15 Å². The Morgan fingerprint density at radius 3 is 2.81 bits per heavy atom. The Hall–Kier alpha value is -2.39. The van der Waals surface area contributed by atoms with Gasteiger partial charge in [0, 0.05) is 12.2 Å². The molecule has 26 heavy (non-hydrogen) atoms. The van der Waals surface area contributed by atoms with Gasteiger partial charge >= 0.3 is 0 Å². The van der Waals surface area contributed by atoms with E-state index in [9.17, 15) is 0 Å². The van der Waals surface area contributed by atoms with Crippen LogP contribution >= 0.6 is 11.6 Å². The van der Waals surface area contributed by atoms with Gasteiger partial charge in [0.2, 0.25) is 0 Å². The van der Waals surface area contributed by atoms with Crippen LogP contribution in [0.25, 0.3) is 21.8 Å². The van der Waals surface area contributed by atoms with Gasteiger partial charge in [0.15, 0.2) is 0 Å². The third-order valence-electron chi connectivity index (χ3n) is 5.71. The molecule has 1 fully saturated rings. The van der Waals surface area contributed by atoms with E-state index < -0.39 is 0 Å². The molecule has 5 rings (SSSR count). The highest BCUT2D eigenvalue weighted by atomic mass is 35.5. The van der Waals surface area contributed by atoms with Gasteiger partial charge in [-0.15, -0.1) is 0 Å². The first-order valence-corrected chi connectivity index (χ1v) is 9.60. The lowest BCUT2D eigenvalue weighted by Gasteiger charge is -2.14. The predicted octanol–water partition coefficient (Wildman–Crippen LogP) is 5.82. The zero-order valence-electron chi connectivity index (χ0n) is 14.5. The fourth-order valence-electron chi connectivity index (χ4n) is 4.42. The van der Waals surface area contributed by atoms with E-state index in [2.05, 4.69) is 63.2 Å². The number of fused-ring (bicyclic) bond motifs is 2. The summed E-state index contributed by atoms with van der Waals surface area (Å²) < 4.78 is 2.29. The lowest BCUT2D eigenvalue weighted by Crippen LogP contribution is -2.06. The Morgan fingerprint density at radius 1 is 1.00 bits per heavy atom. The van der Waals surface area contributed by atoms with Gasteiger partial charge in [-0.2, -0.15) is 0 Å². The van der Waals surface area contributed by atoms with E-state index in [1.54, 1.807) is 6.33 Å². The van der Waals surface area contributed by atoms with Gasteiger partial charge in [-0.3, -0.25) is 0 Å². The lowest BCUT2D eigenvalue weighted by atomic mass is 9.96. The molecule has 2 atom stereocenters. The van der Waals surface area contributed by atoms with Crippen molar-refractivity contribution in [2.24, 2.45) is 5.92 Å². The van der Waals surface area contributed by atoms with Gasteiger partial charge in [-0.25, -0.2) is 9.97 Å². The highest BCUT2D eigenvalue weighted by molar-refractivity contribution is 6.33. The zero-order valence-corrected chi connectivity index (χ0v) is 15.2. The summed E-state index contributed by atoms with van der Waals surface area (Å²) in [5.74, 6) is 0.718. The molecule has 0 saturated heterocycles. The number of aromatic nitrogens is 3. The normalized spacial score (nSPS) is 20.2. The molecular formula is C22H20ClN3. The van der Waals surface area contributed by atoms with Crippen LogP contribution in [0.15, 0.2) is 61.1 Å². The minimum absolute atomic E-state index is 0.504. The first-order chi connectivity index (χ1) is 12.8. The van der Waals surface area contributed by atoms with Crippen LogP contribution in [0, 0.1) is 5.92 Å². The average molecular weight is 362 g/mol. The van der Waals surface area contributed by atoms with Crippen LogP contribution in [0.5, 0.6) is 0 Å². The third kappa shape index (κ3) is 2.77. The van der Waals surface area contributed by atoms with Gasteiger partial charge in [-0.1, -0.05) is 54.1 Å². The predicted molar refractivity (Wildman–Crippen MR) is 107 cm³/mol. The van der Waals surface area contributed by atoms with Gasteiger partial charge in [-0.05, 0) is 54.0 Å². The molecule has 4 heteroatoms. The van der Waals surface area contributed by atoms with E-state index >= 15 is 0 Å². The van der Waals surface area contributed by atoms with E-state index in [0.717, 1.165) is 23.4 Å². The molecule has 0 aliphatic heterocycles. The second-order valence-corrected chi connectivity index (χ2v) is 7.70. The molecule has 2 heterocycles. The molecule has 2 aromatic heterocycles. The van der Waals surface area contributed by atoms with Crippen LogP contribution in [0.1, 0.15) is 30.9 Å². The highest BCUT2D eigenvalue weighted by Crippen LogP contribution is 2.38. The monoisotopic (exact) mass is 361 g/mol. The summed E-state index contributed by atoms with van der Waals surface area (Å²) in [4.78, 5) is 8.54. The van der Waals surface area contributed by atoms with E-state index in [1.807, 2.05) is 6.07 Å². The van der Waals surface area contributed by atoms with Crippen LogP contribution in [-0.4, -0.2) is 14.5 Å². The SMILES string of the molecule is Clc1ncnc2c1ccn2C1CCC(Cc2ccc3ccccc3c2)C1. The van der Waals surface area contributed by atoms with Crippen molar-refractivity contribution in [2.45, 2.75) is 31.7 Å². The largest absolute Gasteiger partial charge is 0.329 e. The summed E-state index contributed by atoms with van der Waals surface area (Å²) in [5, 5.41) is 4.14. The van der Waals surface area contributed by atoms with Crippen molar-refractivity contribution in [1.29, 1.82) is 0 Å². The smallest absolute Gasteiger partial charge is 0.145 e. The molecule has 3 nitrogen and oxygen atoms in total. The summed E-state index contributed by atoms with van der Waals surface area (Å²) in [6, 6.07) is 18.0. The molecule has 1 aliphatic carbocycles. The van der Waals surface area contributed by atoms with Crippen molar-refractivity contribution >= 4 is 33.4 Å². The molecule has 0 bridgehead atoms. The number of benzene rings is 2. The first kappa shape index (κ1) is 15.8. The van der Waals surface area contributed by atoms with Crippen LogP contribution in [0.3, 0.4) is 0 Å². The van der Waals surface area contributed by atoms with E-state index in [1.165, 1.54) is 35.6 Å². The Kier molecular flexibility index (Phi) is 3.90. The van der Waals surface area contributed by atoms with Crippen LogP contribution in [0.4, 0.5) is 0 Å². The van der Waals surface area contributed by atoms with E-state index in [-0.39, 0.29) is 0 Å². The Morgan fingerprint density at radius 2 is 1.88 bits per heavy atom.